The maximum Gasteiger partial charge on any atom is 0.340 e. The second-order valence-corrected chi connectivity index (χ2v) is 5.27. The van der Waals surface area contributed by atoms with Gasteiger partial charge in [-0.25, -0.2) is 14.8 Å². The summed E-state index contributed by atoms with van der Waals surface area (Å²) in [5.41, 5.74) is 8.14. The van der Waals surface area contributed by atoms with Gasteiger partial charge in [0, 0.05) is 0 Å². The molecular weight excluding hydrogens is 288 g/mol. The summed E-state index contributed by atoms with van der Waals surface area (Å²) in [6.07, 6.45) is 1.44. The van der Waals surface area contributed by atoms with Crippen LogP contribution in [0.5, 0.6) is 0 Å². The first kappa shape index (κ1) is 13.4. The lowest BCUT2D eigenvalue weighted by Gasteiger charge is -2.04. The number of carbonyl (C=O) groups is 1. The van der Waals surface area contributed by atoms with Crippen LogP contribution in [0.3, 0.4) is 0 Å². The maximum atomic E-state index is 11.6. The molecule has 106 valence electrons. The van der Waals surface area contributed by atoms with E-state index in [0.29, 0.717) is 15.7 Å². The number of ether oxygens (including phenoxy) is 1. The van der Waals surface area contributed by atoms with Gasteiger partial charge in [-0.3, -0.25) is 0 Å². The lowest BCUT2D eigenvalue weighted by Crippen LogP contribution is -2.06. The van der Waals surface area contributed by atoms with Crippen molar-refractivity contribution in [2.45, 2.75) is 10.2 Å². The number of rotatable bonds is 3. The fourth-order valence-corrected chi connectivity index (χ4v) is 2.65. The van der Waals surface area contributed by atoms with Crippen molar-refractivity contribution in [2.75, 3.05) is 12.8 Å². The number of benzene rings is 1. The molecule has 0 bridgehead atoms. The molecule has 6 nitrogen and oxygen atoms in total. The van der Waals surface area contributed by atoms with Gasteiger partial charge in [-0.15, -0.1) is 0 Å². The number of nitrogens with two attached hydrogens (primary N) is 1. The molecule has 2 heterocycles. The molecule has 7 heteroatoms. The highest BCUT2D eigenvalue weighted by Crippen LogP contribution is 2.27. The normalized spacial score (nSPS) is 10.7. The van der Waals surface area contributed by atoms with E-state index in [-0.39, 0.29) is 5.69 Å². The summed E-state index contributed by atoms with van der Waals surface area (Å²) in [7, 11) is 1.31. The molecular formula is C14H12N4O2S. The zero-order chi connectivity index (χ0) is 14.8. The number of nitrogens with zero attached hydrogens (tertiary/aromatic N) is 2. The zero-order valence-electron chi connectivity index (χ0n) is 11.2. The molecule has 2 aromatic heterocycles. The lowest BCUT2D eigenvalue weighted by atomic mass is 10.2. The number of hydrogen-bond donors (Lipinski definition) is 2. The van der Waals surface area contributed by atoms with Crippen LogP contribution >= 0.6 is 11.8 Å². The molecule has 0 aliphatic rings. The number of anilines is 1. The molecule has 0 amide bonds. The van der Waals surface area contributed by atoms with E-state index in [4.69, 9.17) is 10.5 Å². The van der Waals surface area contributed by atoms with Gasteiger partial charge in [0.15, 0.2) is 5.16 Å². The average Bonchev–Trinajstić information content (AvgIpc) is 2.90. The largest absolute Gasteiger partial charge is 0.465 e. The Balaban J connectivity index is 1.92. The lowest BCUT2D eigenvalue weighted by molar-refractivity contribution is 0.0601. The summed E-state index contributed by atoms with van der Waals surface area (Å²) < 4.78 is 4.69. The Morgan fingerprint density at radius 3 is 2.95 bits per heavy atom. The molecule has 0 unspecified atom stereocenters. The summed E-state index contributed by atoms with van der Waals surface area (Å²) in [6.45, 7) is 0. The van der Waals surface area contributed by atoms with Crippen molar-refractivity contribution < 1.29 is 9.53 Å². The fourth-order valence-electron chi connectivity index (χ4n) is 1.87. The van der Waals surface area contributed by atoms with Gasteiger partial charge < -0.3 is 15.5 Å². The van der Waals surface area contributed by atoms with E-state index in [1.165, 1.54) is 25.1 Å². The SMILES string of the molecule is COC(=O)c1cc(Sc2nc3ccccc3[nH]2)ncc1N. The number of fused-ring (bicyclic) bond motifs is 1. The number of aromatic nitrogens is 3. The van der Waals surface area contributed by atoms with Crippen LogP contribution in [0.15, 0.2) is 46.7 Å². The standard InChI is InChI=1S/C14H12N4O2S/c1-20-13(19)8-6-12(16-7-9(8)15)21-14-17-10-4-2-3-5-11(10)18-14/h2-7H,15H2,1H3,(H,17,18). The average molecular weight is 300 g/mol. The van der Waals surface area contributed by atoms with Crippen LogP contribution in [0.2, 0.25) is 0 Å². The van der Waals surface area contributed by atoms with Crippen LogP contribution < -0.4 is 5.73 Å². The van der Waals surface area contributed by atoms with Crippen molar-refractivity contribution >= 4 is 34.5 Å². The summed E-state index contributed by atoms with van der Waals surface area (Å²) in [6, 6.07) is 9.33. The van der Waals surface area contributed by atoms with Crippen LogP contribution in [-0.4, -0.2) is 28.0 Å². The van der Waals surface area contributed by atoms with Crippen LogP contribution in [0.1, 0.15) is 10.4 Å². The van der Waals surface area contributed by atoms with Crippen LogP contribution in [0, 0.1) is 0 Å². The Bertz CT molecular complexity index is 783. The molecule has 3 rings (SSSR count). The van der Waals surface area contributed by atoms with E-state index in [1.807, 2.05) is 24.3 Å². The molecule has 0 saturated carbocycles. The molecule has 3 aromatic rings. The van der Waals surface area contributed by atoms with Gasteiger partial charge in [-0.2, -0.15) is 0 Å². The molecule has 0 radical (unpaired) electrons. The molecule has 0 fully saturated rings. The highest BCUT2D eigenvalue weighted by molar-refractivity contribution is 7.99. The van der Waals surface area contributed by atoms with Gasteiger partial charge in [-0.1, -0.05) is 12.1 Å². The number of H-pyrrole nitrogens is 1. The van der Waals surface area contributed by atoms with E-state index in [2.05, 4.69) is 15.0 Å². The van der Waals surface area contributed by atoms with Gasteiger partial charge in [0.1, 0.15) is 5.03 Å². The second-order valence-electron chi connectivity index (χ2n) is 4.26. The van der Waals surface area contributed by atoms with Crippen molar-refractivity contribution in [1.29, 1.82) is 0 Å². The summed E-state index contributed by atoms with van der Waals surface area (Å²) in [5.74, 6) is -0.485. The zero-order valence-corrected chi connectivity index (χ0v) is 12.0. The Morgan fingerprint density at radius 2 is 2.19 bits per heavy atom. The Hall–Kier alpha value is -2.54. The smallest absolute Gasteiger partial charge is 0.340 e. The van der Waals surface area contributed by atoms with Gasteiger partial charge in [-0.05, 0) is 30.0 Å². The van der Waals surface area contributed by atoms with Crippen LogP contribution in [-0.2, 0) is 4.74 Å². The number of esters is 1. The summed E-state index contributed by atoms with van der Waals surface area (Å²) in [4.78, 5) is 23.4. The van der Waals surface area contributed by atoms with Gasteiger partial charge in [0.05, 0.1) is 35.6 Å². The molecule has 3 N–H and O–H groups in total. The van der Waals surface area contributed by atoms with Gasteiger partial charge >= 0.3 is 5.97 Å². The number of hydrogen-bond acceptors (Lipinski definition) is 6. The monoisotopic (exact) mass is 300 g/mol. The fraction of sp³-hybridized carbons (Fsp3) is 0.0714. The predicted molar refractivity (Wildman–Crippen MR) is 80.2 cm³/mol. The van der Waals surface area contributed by atoms with Gasteiger partial charge in [0.2, 0.25) is 0 Å². The Morgan fingerprint density at radius 1 is 1.38 bits per heavy atom. The summed E-state index contributed by atoms with van der Waals surface area (Å²) >= 11 is 1.32. The quantitative estimate of drug-likeness (QED) is 0.722. The summed E-state index contributed by atoms with van der Waals surface area (Å²) in [5, 5.41) is 1.31. The molecule has 0 saturated heterocycles. The van der Waals surface area contributed by atoms with E-state index in [0.717, 1.165) is 11.0 Å². The number of imidazole rings is 1. The molecule has 0 aliphatic carbocycles. The molecule has 0 atom stereocenters. The number of carbonyl (C=O) groups excluding carboxylic acids is 1. The number of nitrogen functional groups attached to an aromatic ring is 1. The van der Waals surface area contributed by atoms with Crippen molar-refractivity contribution in [3.8, 4) is 0 Å². The van der Waals surface area contributed by atoms with Gasteiger partial charge in [0.25, 0.3) is 0 Å². The minimum atomic E-state index is -0.485. The number of nitrogens with one attached hydrogen (secondary N) is 1. The van der Waals surface area contributed by atoms with Crippen LogP contribution in [0.4, 0.5) is 5.69 Å². The molecule has 0 spiro atoms. The minimum absolute atomic E-state index is 0.288. The third kappa shape index (κ3) is 2.68. The molecule has 1 aromatic carbocycles. The van der Waals surface area contributed by atoms with E-state index < -0.39 is 5.97 Å². The highest BCUT2D eigenvalue weighted by atomic mass is 32.2. The highest BCUT2D eigenvalue weighted by Gasteiger charge is 2.13. The van der Waals surface area contributed by atoms with Crippen molar-refractivity contribution in [2.24, 2.45) is 0 Å². The molecule has 0 aliphatic heterocycles. The number of methoxy groups -OCH3 is 1. The van der Waals surface area contributed by atoms with Crippen LogP contribution in [0.25, 0.3) is 11.0 Å². The maximum absolute atomic E-state index is 11.6. The first-order valence-corrected chi connectivity index (χ1v) is 6.95. The van der Waals surface area contributed by atoms with E-state index in [1.54, 1.807) is 6.07 Å². The second kappa shape index (κ2) is 5.45. The minimum Gasteiger partial charge on any atom is -0.465 e. The topological polar surface area (TPSA) is 93.9 Å². The van der Waals surface area contributed by atoms with E-state index in [9.17, 15) is 4.79 Å². The first-order chi connectivity index (χ1) is 10.2. The van der Waals surface area contributed by atoms with E-state index >= 15 is 0 Å². The van der Waals surface area contributed by atoms with Crippen molar-refractivity contribution in [3.05, 3.63) is 42.1 Å². The van der Waals surface area contributed by atoms with Crippen molar-refractivity contribution in [1.82, 2.24) is 15.0 Å². The Kier molecular flexibility index (Phi) is 3.49. The first-order valence-electron chi connectivity index (χ1n) is 6.14. The third-order valence-corrected chi connectivity index (χ3v) is 3.70. The Labute approximate surface area is 124 Å². The molecule has 21 heavy (non-hydrogen) atoms. The number of aromatic amines is 1. The number of para-hydroxylation sites is 2. The predicted octanol–water partition coefficient (Wildman–Crippen LogP) is 2.48. The van der Waals surface area contributed by atoms with Crippen molar-refractivity contribution in [3.63, 3.8) is 0 Å². The third-order valence-electron chi connectivity index (χ3n) is 2.88. The number of pyridine rings is 1.